The summed E-state index contributed by atoms with van der Waals surface area (Å²) in [6.45, 7) is 6.88. The van der Waals surface area contributed by atoms with Crippen LogP contribution in [0, 0.1) is 0 Å². The quantitative estimate of drug-likeness (QED) is 0.802. The fraction of sp³-hybridized carbons (Fsp3) is 0.333. The molecule has 2 nitrogen and oxygen atoms in total. The van der Waals surface area contributed by atoms with Crippen LogP contribution < -0.4 is 0 Å². The van der Waals surface area contributed by atoms with Crippen LogP contribution in [0.2, 0.25) is 0 Å². The number of hydrogen-bond acceptors (Lipinski definition) is 2. The smallest absolute Gasteiger partial charge is 0.115 e. The minimum absolute atomic E-state index is 0.302. The third-order valence-electron chi connectivity index (χ3n) is 3.51. The summed E-state index contributed by atoms with van der Waals surface area (Å²) in [7, 11) is 0. The molecule has 0 aliphatic carbocycles. The number of allylic oxidation sites excluding steroid dienone is 6. The Labute approximate surface area is 121 Å². The molecule has 1 aliphatic heterocycles. The van der Waals surface area contributed by atoms with E-state index in [0.29, 0.717) is 18.3 Å². The SMILES string of the molecule is CC1=C/C=C(\C)CC(c2ccc(O)cc2)CO\C(C)=C\1. The van der Waals surface area contributed by atoms with Gasteiger partial charge in [0.05, 0.1) is 12.4 Å². The second-order valence-electron chi connectivity index (χ2n) is 5.48. The van der Waals surface area contributed by atoms with Crippen LogP contribution in [0.4, 0.5) is 0 Å². The molecule has 0 aromatic heterocycles. The molecule has 2 heteroatoms. The van der Waals surface area contributed by atoms with Crippen LogP contribution in [0.5, 0.6) is 5.75 Å². The molecular formula is C18H22O2. The van der Waals surface area contributed by atoms with Gasteiger partial charge in [-0.15, -0.1) is 0 Å². The average molecular weight is 270 g/mol. The Bertz CT molecular complexity index is 547. The molecule has 106 valence electrons. The van der Waals surface area contributed by atoms with Gasteiger partial charge in [-0.25, -0.2) is 0 Å². The van der Waals surface area contributed by atoms with Gasteiger partial charge in [0.25, 0.3) is 0 Å². The van der Waals surface area contributed by atoms with E-state index in [1.54, 1.807) is 12.1 Å². The molecule has 20 heavy (non-hydrogen) atoms. The van der Waals surface area contributed by atoms with Gasteiger partial charge in [0.2, 0.25) is 0 Å². The molecule has 0 saturated carbocycles. The summed E-state index contributed by atoms with van der Waals surface area (Å²) in [4.78, 5) is 0. The molecule has 0 fully saturated rings. The van der Waals surface area contributed by atoms with Gasteiger partial charge in [0, 0.05) is 5.92 Å². The van der Waals surface area contributed by atoms with Crippen molar-refractivity contribution in [2.24, 2.45) is 0 Å². The Morgan fingerprint density at radius 3 is 2.45 bits per heavy atom. The summed E-state index contributed by atoms with van der Waals surface area (Å²) < 4.78 is 5.86. The van der Waals surface area contributed by atoms with E-state index in [0.717, 1.165) is 12.2 Å². The van der Waals surface area contributed by atoms with Gasteiger partial charge in [0.15, 0.2) is 0 Å². The van der Waals surface area contributed by atoms with E-state index < -0.39 is 0 Å². The lowest BCUT2D eigenvalue weighted by atomic mass is 9.92. The Morgan fingerprint density at radius 2 is 1.75 bits per heavy atom. The first-order valence-corrected chi connectivity index (χ1v) is 6.98. The summed E-state index contributed by atoms with van der Waals surface area (Å²) in [5, 5.41) is 9.40. The Hall–Kier alpha value is -1.96. The summed E-state index contributed by atoms with van der Waals surface area (Å²) >= 11 is 0. The summed E-state index contributed by atoms with van der Waals surface area (Å²) in [6, 6.07) is 7.42. The third-order valence-corrected chi connectivity index (χ3v) is 3.51. The molecule has 0 bridgehead atoms. The van der Waals surface area contributed by atoms with Crippen molar-refractivity contribution in [3.8, 4) is 5.75 Å². The highest BCUT2D eigenvalue weighted by Gasteiger charge is 2.14. The number of aromatic hydroxyl groups is 1. The number of hydrogen-bond donors (Lipinski definition) is 1. The first kappa shape index (κ1) is 14.4. The number of rotatable bonds is 1. The van der Waals surface area contributed by atoms with Gasteiger partial charge in [0.1, 0.15) is 5.75 Å². The molecule has 2 rings (SSSR count). The number of ether oxygens (including phenoxy) is 1. The Morgan fingerprint density at radius 1 is 1.05 bits per heavy atom. The fourth-order valence-electron chi connectivity index (χ4n) is 2.39. The van der Waals surface area contributed by atoms with Crippen LogP contribution in [0.15, 0.2) is 59.4 Å². The maximum absolute atomic E-state index is 9.40. The zero-order valence-corrected chi connectivity index (χ0v) is 12.4. The Balaban J connectivity index is 2.26. The molecule has 0 saturated heterocycles. The van der Waals surface area contributed by atoms with E-state index in [-0.39, 0.29) is 0 Å². The van der Waals surface area contributed by atoms with E-state index in [1.807, 2.05) is 19.1 Å². The first-order chi connectivity index (χ1) is 9.54. The standard InChI is InChI=1S/C18H22O2/c1-13-4-5-14(2)11-17(12-20-15(3)10-13)16-6-8-18(19)9-7-16/h4-10,17,19H,11-12H2,1-3H3/b13-4-,14-5+,15-10+. The maximum Gasteiger partial charge on any atom is 0.115 e. The highest BCUT2D eigenvalue weighted by Crippen LogP contribution is 2.27. The van der Waals surface area contributed by atoms with E-state index >= 15 is 0 Å². The van der Waals surface area contributed by atoms with Crippen molar-refractivity contribution in [1.82, 2.24) is 0 Å². The minimum Gasteiger partial charge on any atom is -0.508 e. The molecule has 0 spiro atoms. The van der Waals surface area contributed by atoms with Crippen molar-refractivity contribution in [3.05, 3.63) is 65.0 Å². The van der Waals surface area contributed by atoms with Gasteiger partial charge in [-0.3, -0.25) is 0 Å². The summed E-state index contributed by atoms with van der Waals surface area (Å²) in [6.07, 6.45) is 7.32. The summed E-state index contributed by atoms with van der Waals surface area (Å²) in [5.41, 5.74) is 3.73. The van der Waals surface area contributed by atoms with E-state index in [1.165, 1.54) is 16.7 Å². The largest absolute Gasteiger partial charge is 0.508 e. The molecule has 0 amide bonds. The molecule has 0 radical (unpaired) electrons. The zero-order chi connectivity index (χ0) is 14.5. The van der Waals surface area contributed by atoms with Crippen LogP contribution in [0.3, 0.4) is 0 Å². The predicted molar refractivity (Wildman–Crippen MR) is 82.7 cm³/mol. The van der Waals surface area contributed by atoms with E-state index in [2.05, 4.69) is 32.1 Å². The second-order valence-corrected chi connectivity index (χ2v) is 5.48. The monoisotopic (exact) mass is 270 g/mol. The van der Waals surface area contributed by atoms with Gasteiger partial charge in [-0.1, -0.05) is 29.9 Å². The predicted octanol–water partition coefficient (Wildman–Crippen LogP) is 4.69. The molecule has 1 aromatic rings. The van der Waals surface area contributed by atoms with Crippen molar-refractivity contribution in [1.29, 1.82) is 0 Å². The van der Waals surface area contributed by atoms with Crippen molar-refractivity contribution in [2.45, 2.75) is 33.1 Å². The average Bonchev–Trinajstić information content (AvgIpc) is 2.41. The number of phenolic OH excluding ortho intramolecular Hbond substituents is 1. The van der Waals surface area contributed by atoms with Gasteiger partial charge in [-0.2, -0.15) is 0 Å². The molecule has 1 atom stereocenters. The van der Waals surface area contributed by atoms with Crippen molar-refractivity contribution >= 4 is 0 Å². The molecular weight excluding hydrogens is 248 g/mol. The van der Waals surface area contributed by atoms with Crippen LogP contribution in [-0.2, 0) is 4.74 Å². The first-order valence-electron chi connectivity index (χ1n) is 6.98. The van der Waals surface area contributed by atoms with E-state index in [4.69, 9.17) is 4.74 Å². The van der Waals surface area contributed by atoms with Crippen molar-refractivity contribution in [2.75, 3.05) is 6.61 Å². The van der Waals surface area contributed by atoms with Gasteiger partial charge < -0.3 is 9.84 Å². The highest BCUT2D eigenvalue weighted by atomic mass is 16.5. The van der Waals surface area contributed by atoms with Gasteiger partial charge >= 0.3 is 0 Å². The fourth-order valence-corrected chi connectivity index (χ4v) is 2.39. The molecule has 1 unspecified atom stereocenters. The minimum atomic E-state index is 0.302. The lowest BCUT2D eigenvalue weighted by Gasteiger charge is -2.20. The molecule has 1 aromatic carbocycles. The van der Waals surface area contributed by atoms with Crippen LogP contribution in [0.25, 0.3) is 0 Å². The lowest BCUT2D eigenvalue weighted by Crippen LogP contribution is -2.08. The van der Waals surface area contributed by atoms with Crippen LogP contribution in [0.1, 0.15) is 38.7 Å². The van der Waals surface area contributed by atoms with Crippen molar-refractivity contribution in [3.63, 3.8) is 0 Å². The summed E-state index contributed by atoms with van der Waals surface area (Å²) in [5.74, 6) is 1.55. The Kier molecular flexibility index (Phi) is 4.67. The van der Waals surface area contributed by atoms with Crippen LogP contribution in [-0.4, -0.2) is 11.7 Å². The van der Waals surface area contributed by atoms with Gasteiger partial charge in [-0.05, 0) is 56.5 Å². The van der Waals surface area contributed by atoms with E-state index in [9.17, 15) is 5.11 Å². The lowest BCUT2D eigenvalue weighted by molar-refractivity contribution is 0.193. The molecule has 1 heterocycles. The maximum atomic E-state index is 9.40. The van der Waals surface area contributed by atoms with Crippen molar-refractivity contribution < 1.29 is 9.84 Å². The number of phenols is 1. The number of benzene rings is 1. The second kappa shape index (κ2) is 6.47. The zero-order valence-electron chi connectivity index (χ0n) is 12.4. The normalized spacial score (nSPS) is 28.1. The topological polar surface area (TPSA) is 29.5 Å². The highest BCUT2D eigenvalue weighted by molar-refractivity contribution is 5.31. The third kappa shape index (κ3) is 4.02. The molecule has 1 aliphatic rings. The molecule has 1 N–H and O–H groups in total. The van der Waals surface area contributed by atoms with Crippen LogP contribution >= 0.6 is 0 Å².